The van der Waals surface area contributed by atoms with Gasteiger partial charge in [0.05, 0.1) is 27.8 Å². The first-order valence-electron chi connectivity index (χ1n) is 17.7. The summed E-state index contributed by atoms with van der Waals surface area (Å²) in [5, 5.41) is 9.75. The molecule has 52 heavy (non-hydrogen) atoms. The quantitative estimate of drug-likeness (QED) is 0.189. The highest BCUT2D eigenvalue weighted by atomic mass is 15.1. The monoisotopic (exact) mass is 660 g/mol. The number of pyridine rings is 2. The topological polar surface area (TPSA) is 35.6 Å². The number of aromatic nitrogens is 4. The molecular formula is C48H28N4. The van der Waals surface area contributed by atoms with Crippen molar-refractivity contribution in [1.82, 2.24) is 19.1 Å². The van der Waals surface area contributed by atoms with E-state index in [9.17, 15) is 0 Å². The smallest absolute Gasteiger partial charge is 0.138 e. The van der Waals surface area contributed by atoms with Crippen LogP contribution >= 0.6 is 0 Å². The maximum absolute atomic E-state index is 5.42. The van der Waals surface area contributed by atoms with Gasteiger partial charge in [-0.25, -0.2) is 4.98 Å². The van der Waals surface area contributed by atoms with E-state index in [0.717, 1.165) is 39.1 Å². The maximum atomic E-state index is 5.42. The fraction of sp³-hybridized carbons (Fsp3) is 0. The fourth-order valence-corrected chi connectivity index (χ4v) is 8.77. The average molecular weight is 661 g/mol. The summed E-state index contributed by atoms with van der Waals surface area (Å²) in [6.07, 6.45) is 3.92. The van der Waals surface area contributed by atoms with Gasteiger partial charge in [0, 0.05) is 67.1 Å². The highest BCUT2D eigenvalue weighted by Crippen LogP contribution is 2.47. The maximum Gasteiger partial charge on any atom is 0.138 e. The highest BCUT2D eigenvalue weighted by molar-refractivity contribution is 6.16. The standard InChI is InChI=1S/C48H28N4/c1-2-12-34(13-3-1)51-42-16-7-6-14-35(42)38-24-31(17-20-43(38)51)32-18-21-44-39(25-32)40-23-29-9-4-5-10-30(29)26-45(40)52(44)46-22-19-36-41-28-49-27-33-11-8-15-37(47(33)41)48(36)50-46/h1-28H. The minimum Gasteiger partial charge on any atom is -0.309 e. The fourth-order valence-electron chi connectivity index (χ4n) is 8.77. The van der Waals surface area contributed by atoms with Crippen LogP contribution in [0.5, 0.6) is 0 Å². The molecule has 0 bridgehead atoms. The van der Waals surface area contributed by atoms with Crippen molar-refractivity contribution >= 4 is 65.2 Å². The molecule has 4 nitrogen and oxygen atoms in total. The normalized spacial score (nSPS) is 12.2. The molecule has 0 amide bonds. The van der Waals surface area contributed by atoms with Crippen molar-refractivity contribution < 1.29 is 0 Å². The first-order valence-corrected chi connectivity index (χ1v) is 17.7. The van der Waals surface area contributed by atoms with E-state index < -0.39 is 0 Å². The van der Waals surface area contributed by atoms with Crippen LogP contribution in [0.2, 0.25) is 0 Å². The molecule has 7 aromatic carbocycles. The SMILES string of the molecule is c1ccc(-n2c3ccccc3c3cc(-c4ccc5c(c4)c4cc6ccccc6cc4n5-c4ccc5c(n4)-c4cccc6cncc-5c46)ccc32)cc1. The lowest BCUT2D eigenvalue weighted by atomic mass is 10.00. The molecule has 0 unspecified atom stereocenters. The minimum absolute atomic E-state index is 0.912. The molecule has 240 valence electrons. The predicted molar refractivity (Wildman–Crippen MR) is 216 cm³/mol. The molecule has 4 heteroatoms. The summed E-state index contributed by atoms with van der Waals surface area (Å²) in [5.74, 6) is 0.912. The van der Waals surface area contributed by atoms with Crippen molar-refractivity contribution in [3.05, 3.63) is 170 Å². The summed E-state index contributed by atoms with van der Waals surface area (Å²) in [4.78, 5) is 9.96. The Labute approximate surface area is 298 Å². The zero-order chi connectivity index (χ0) is 33.9. The van der Waals surface area contributed by atoms with Crippen molar-refractivity contribution in [3.63, 3.8) is 0 Å². The average Bonchev–Trinajstić information content (AvgIpc) is 3.83. The van der Waals surface area contributed by atoms with Crippen LogP contribution in [0.3, 0.4) is 0 Å². The summed E-state index contributed by atoms with van der Waals surface area (Å²) < 4.78 is 4.72. The third-order valence-corrected chi connectivity index (χ3v) is 11.1. The number of hydrogen-bond acceptors (Lipinski definition) is 2. The number of para-hydroxylation sites is 2. The van der Waals surface area contributed by atoms with E-state index in [2.05, 4.69) is 172 Å². The largest absolute Gasteiger partial charge is 0.309 e. The van der Waals surface area contributed by atoms with Gasteiger partial charge in [0.2, 0.25) is 0 Å². The van der Waals surface area contributed by atoms with Crippen LogP contribution in [0.25, 0.3) is 110 Å². The lowest BCUT2D eigenvalue weighted by molar-refractivity contribution is 1.09. The molecule has 4 aromatic heterocycles. The Balaban J connectivity index is 1.09. The van der Waals surface area contributed by atoms with Gasteiger partial charge in [0.25, 0.3) is 0 Å². The molecule has 0 N–H and O–H groups in total. The van der Waals surface area contributed by atoms with Gasteiger partial charge < -0.3 is 4.57 Å². The van der Waals surface area contributed by atoms with Gasteiger partial charge in [0.1, 0.15) is 5.82 Å². The highest BCUT2D eigenvalue weighted by Gasteiger charge is 2.25. The Morgan fingerprint density at radius 2 is 1.06 bits per heavy atom. The Bertz CT molecular complexity index is 3290. The van der Waals surface area contributed by atoms with Crippen LogP contribution in [-0.4, -0.2) is 19.1 Å². The van der Waals surface area contributed by atoms with E-state index in [-0.39, 0.29) is 0 Å². The molecule has 1 aliphatic carbocycles. The molecule has 11 aromatic rings. The van der Waals surface area contributed by atoms with Gasteiger partial charge >= 0.3 is 0 Å². The number of benzene rings is 7. The van der Waals surface area contributed by atoms with Crippen LogP contribution in [0.15, 0.2) is 170 Å². The van der Waals surface area contributed by atoms with Crippen molar-refractivity contribution in [3.8, 4) is 45.0 Å². The van der Waals surface area contributed by atoms with E-state index in [1.807, 2.05) is 12.4 Å². The molecule has 0 spiro atoms. The van der Waals surface area contributed by atoms with Crippen molar-refractivity contribution in [2.45, 2.75) is 0 Å². The minimum atomic E-state index is 0.912. The van der Waals surface area contributed by atoms with E-state index in [1.165, 1.54) is 71.1 Å². The van der Waals surface area contributed by atoms with Gasteiger partial charge in [-0.2, -0.15) is 0 Å². The van der Waals surface area contributed by atoms with Crippen molar-refractivity contribution in [2.24, 2.45) is 0 Å². The number of hydrogen-bond donors (Lipinski definition) is 0. The van der Waals surface area contributed by atoms with Crippen molar-refractivity contribution in [2.75, 3.05) is 0 Å². The molecule has 1 aliphatic rings. The Morgan fingerprint density at radius 1 is 0.385 bits per heavy atom. The second-order valence-electron chi connectivity index (χ2n) is 13.9. The predicted octanol–water partition coefficient (Wildman–Crippen LogP) is 12.3. The van der Waals surface area contributed by atoms with Gasteiger partial charge in [0.15, 0.2) is 0 Å². The van der Waals surface area contributed by atoms with Crippen LogP contribution < -0.4 is 0 Å². The molecular weight excluding hydrogens is 633 g/mol. The summed E-state index contributed by atoms with van der Waals surface area (Å²) in [6, 6.07) is 57.3. The van der Waals surface area contributed by atoms with Gasteiger partial charge in [-0.05, 0) is 88.6 Å². The molecule has 0 atom stereocenters. The first kappa shape index (κ1) is 27.7. The lowest BCUT2D eigenvalue weighted by Gasteiger charge is -2.11. The Morgan fingerprint density at radius 3 is 1.90 bits per heavy atom. The second-order valence-corrected chi connectivity index (χ2v) is 13.9. The van der Waals surface area contributed by atoms with Crippen LogP contribution in [-0.2, 0) is 0 Å². The first-order chi connectivity index (χ1) is 25.8. The molecule has 0 radical (unpaired) electrons. The molecule has 4 heterocycles. The summed E-state index contributed by atoms with van der Waals surface area (Å²) >= 11 is 0. The van der Waals surface area contributed by atoms with Crippen LogP contribution in [0.4, 0.5) is 0 Å². The number of rotatable bonds is 3. The molecule has 0 aliphatic heterocycles. The summed E-state index contributed by atoms with van der Waals surface area (Å²) in [5.41, 5.74) is 12.7. The Kier molecular flexibility index (Phi) is 5.47. The van der Waals surface area contributed by atoms with E-state index >= 15 is 0 Å². The molecule has 0 fully saturated rings. The van der Waals surface area contributed by atoms with Gasteiger partial charge in [-0.15, -0.1) is 0 Å². The number of fused-ring (bicyclic) bond motifs is 10. The molecule has 0 saturated carbocycles. The Hall–Kier alpha value is -7.04. The summed E-state index contributed by atoms with van der Waals surface area (Å²) in [7, 11) is 0. The third kappa shape index (κ3) is 3.75. The second kappa shape index (κ2) is 10.3. The number of nitrogens with zero attached hydrogens (tertiary/aromatic N) is 4. The lowest BCUT2D eigenvalue weighted by Crippen LogP contribution is -1.99. The third-order valence-electron chi connectivity index (χ3n) is 11.1. The van der Waals surface area contributed by atoms with E-state index in [0.29, 0.717) is 0 Å². The van der Waals surface area contributed by atoms with Crippen molar-refractivity contribution in [1.29, 1.82) is 0 Å². The van der Waals surface area contributed by atoms with E-state index in [1.54, 1.807) is 0 Å². The summed E-state index contributed by atoms with van der Waals surface area (Å²) in [6.45, 7) is 0. The van der Waals surface area contributed by atoms with Gasteiger partial charge in [-0.1, -0.05) is 91.0 Å². The zero-order valence-corrected chi connectivity index (χ0v) is 28.0. The van der Waals surface area contributed by atoms with Crippen LogP contribution in [0, 0.1) is 0 Å². The molecule has 0 saturated heterocycles. The zero-order valence-electron chi connectivity index (χ0n) is 28.0. The molecule has 12 rings (SSSR count). The van der Waals surface area contributed by atoms with E-state index in [4.69, 9.17) is 4.98 Å². The van der Waals surface area contributed by atoms with Gasteiger partial charge in [-0.3, -0.25) is 9.55 Å². The van der Waals surface area contributed by atoms with Crippen LogP contribution in [0.1, 0.15) is 0 Å².